The summed E-state index contributed by atoms with van der Waals surface area (Å²) < 4.78 is 0. The summed E-state index contributed by atoms with van der Waals surface area (Å²) in [7, 11) is 0. The molecule has 64 valence electrons. The van der Waals surface area contributed by atoms with Gasteiger partial charge in [-0.15, -0.1) is 6.58 Å². The summed E-state index contributed by atoms with van der Waals surface area (Å²) in [4.78, 5) is 0. The average Bonchev–Trinajstić information content (AvgIpc) is 2.03. The van der Waals surface area contributed by atoms with Crippen LogP contribution in [0.1, 0.15) is 11.6 Å². The predicted molar refractivity (Wildman–Crippen MR) is 46.9 cm³/mol. The van der Waals surface area contributed by atoms with Gasteiger partial charge in [-0.2, -0.15) is 0 Å². The molecule has 0 saturated carbocycles. The van der Waals surface area contributed by atoms with Crippen LogP contribution in [0.25, 0.3) is 0 Å². The smallest absolute Gasteiger partial charge is 0.124 e. The molecule has 0 aliphatic carbocycles. The van der Waals surface area contributed by atoms with Gasteiger partial charge in [-0.05, 0) is 12.1 Å². The molecule has 0 aliphatic rings. The Bertz CT molecular complexity index is 297. The van der Waals surface area contributed by atoms with Crippen LogP contribution in [-0.4, -0.2) is 10.2 Å². The monoisotopic (exact) mass is 165 g/mol. The number of phenolic OH excluding ortho intramolecular Hbond substituents is 2. The van der Waals surface area contributed by atoms with E-state index in [9.17, 15) is 5.11 Å². The zero-order valence-corrected chi connectivity index (χ0v) is 6.57. The molecule has 3 nitrogen and oxygen atoms in total. The maximum atomic E-state index is 9.31. The summed E-state index contributed by atoms with van der Waals surface area (Å²) in [6.07, 6.45) is 1.52. The molecular weight excluding hydrogens is 154 g/mol. The molecule has 1 aromatic rings. The second-order valence-electron chi connectivity index (χ2n) is 2.50. The fourth-order valence-corrected chi connectivity index (χ4v) is 0.941. The molecule has 0 spiro atoms. The van der Waals surface area contributed by atoms with Gasteiger partial charge in [0, 0.05) is 11.6 Å². The minimum absolute atomic E-state index is 0.0117. The average molecular weight is 165 g/mol. The number of phenols is 2. The van der Waals surface area contributed by atoms with Gasteiger partial charge in [0.05, 0.1) is 6.04 Å². The highest BCUT2D eigenvalue weighted by atomic mass is 16.3. The molecule has 0 amide bonds. The second kappa shape index (κ2) is 3.28. The van der Waals surface area contributed by atoms with E-state index in [2.05, 4.69) is 6.58 Å². The van der Waals surface area contributed by atoms with Gasteiger partial charge in [-0.25, -0.2) is 0 Å². The first kappa shape index (κ1) is 8.62. The van der Waals surface area contributed by atoms with Crippen molar-refractivity contribution in [1.82, 2.24) is 0 Å². The van der Waals surface area contributed by atoms with E-state index in [1.807, 2.05) is 0 Å². The Morgan fingerprint density at radius 3 is 2.58 bits per heavy atom. The fraction of sp³-hybridized carbons (Fsp3) is 0.111. The van der Waals surface area contributed by atoms with Crippen molar-refractivity contribution in [3.63, 3.8) is 0 Å². The Kier molecular flexibility index (Phi) is 2.35. The van der Waals surface area contributed by atoms with Crippen LogP contribution in [0.2, 0.25) is 0 Å². The van der Waals surface area contributed by atoms with Crippen molar-refractivity contribution >= 4 is 0 Å². The van der Waals surface area contributed by atoms with Crippen LogP contribution in [0.4, 0.5) is 0 Å². The van der Waals surface area contributed by atoms with Crippen molar-refractivity contribution in [1.29, 1.82) is 0 Å². The molecule has 0 aromatic heterocycles. The summed E-state index contributed by atoms with van der Waals surface area (Å²) in [6, 6.07) is 3.89. The second-order valence-corrected chi connectivity index (χ2v) is 2.50. The molecule has 1 atom stereocenters. The zero-order chi connectivity index (χ0) is 9.14. The molecule has 4 N–H and O–H groups in total. The van der Waals surface area contributed by atoms with E-state index in [-0.39, 0.29) is 11.5 Å². The molecule has 1 rings (SSSR count). The van der Waals surface area contributed by atoms with Gasteiger partial charge in [0.2, 0.25) is 0 Å². The lowest BCUT2D eigenvalue weighted by molar-refractivity contribution is 0.444. The Hall–Kier alpha value is -1.48. The maximum Gasteiger partial charge on any atom is 0.124 e. The van der Waals surface area contributed by atoms with Crippen LogP contribution >= 0.6 is 0 Å². The molecule has 0 aliphatic heterocycles. The summed E-state index contributed by atoms with van der Waals surface area (Å²) in [5, 5.41) is 18.3. The molecule has 1 aromatic carbocycles. The van der Waals surface area contributed by atoms with E-state index in [1.165, 1.54) is 18.2 Å². The number of hydrogen-bond donors (Lipinski definition) is 3. The van der Waals surface area contributed by atoms with E-state index >= 15 is 0 Å². The Morgan fingerprint density at radius 2 is 2.08 bits per heavy atom. The first-order valence-corrected chi connectivity index (χ1v) is 3.55. The van der Waals surface area contributed by atoms with E-state index < -0.39 is 6.04 Å². The molecule has 0 bridgehead atoms. The third-order valence-corrected chi connectivity index (χ3v) is 1.63. The van der Waals surface area contributed by atoms with Crippen molar-refractivity contribution in [3.8, 4) is 11.5 Å². The zero-order valence-electron chi connectivity index (χ0n) is 6.57. The summed E-state index contributed by atoms with van der Waals surface area (Å²) >= 11 is 0. The lowest BCUT2D eigenvalue weighted by Gasteiger charge is -2.08. The topological polar surface area (TPSA) is 66.5 Å². The predicted octanol–water partition coefficient (Wildman–Crippen LogP) is 1.28. The Labute approximate surface area is 70.8 Å². The number of nitrogens with two attached hydrogens (primary N) is 1. The lowest BCUT2D eigenvalue weighted by Crippen LogP contribution is -2.06. The lowest BCUT2D eigenvalue weighted by atomic mass is 10.1. The first-order chi connectivity index (χ1) is 5.65. The van der Waals surface area contributed by atoms with E-state index in [0.717, 1.165) is 0 Å². The maximum absolute atomic E-state index is 9.31. The van der Waals surface area contributed by atoms with Crippen molar-refractivity contribution in [2.24, 2.45) is 5.73 Å². The van der Waals surface area contributed by atoms with Gasteiger partial charge in [0.1, 0.15) is 11.5 Å². The number of benzene rings is 1. The summed E-state index contributed by atoms with van der Waals surface area (Å²) in [6.45, 7) is 3.50. The van der Waals surface area contributed by atoms with Crippen molar-refractivity contribution in [2.45, 2.75) is 6.04 Å². The van der Waals surface area contributed by atoms with Crippen LogP contribution in [0.15, 0.2) is 30.9 Å². The third-order valence-electron chi connectivity index (χ3n) is 1.63. The van der Waals surface area contributed by atoms with Gasteiger partial charge >= 0.3 is 0 Å². The molecule has 0 fully saturated rings. The number of rotatable bonds is 2. The minimum atomic E-state index is -0.398. The largest absolute Gasteiger partial charge is 0.508 e. The van der Waals surface area contributed by atoms with E-state index in [0.29, 0.717) is 5.56 Å². The standard InChI is InChI=1S/C9H11NO2/c1-2-8(10)7-4-3-6(11)5-9(7)12/h2-5,8,11-12H,1,10H2/t8-/m0/s1. The normalized spacial score (nSPS) is 12.4. The van der Waals surface area contributed by atoms with Crippen molar-refractivity contribution < 1.29 is 10.2 Å². The molecule has 0 heterocycles. The molecule has 3 heteroatoms. The fourth-order valence-electron chi connectivity index (χ4n) is 0.941. The van der Waals surface area contributed by atoms with Gasteiger partial charge in [0.25, 0.3) is 0 Å². The summed E-state index contributed by atoms with van der Waals surface area (Å²) in [5.41, 5.74) is 6.14. The van der Waals surface area contributed by atoms with Gasteiger partial charge < -0.3 is 15.9 Å². The SMILES string of the molecule is C=C[C@H](N)c1ccc(O)cc1O. The highest BCUT2D eigenvalue weighted by Gasteiger charge is 2.06. The number of aromatic hydroxyl groups is 2. The molecule has 0 unspecified atom stereocenters. The van der Waals surface area contributed by atoms with Crippen molar-refractivity contribution in [2.75, 3.05) is 0 Å². The highest BCUT2D eigenvalue weighted by Crippen LogP contribution is 2.26. The molecule has 0 saturated heterocycles. The van der Waals surface area contributed by atoms with Gasteiger partial charge in [0.15, 0.2) is 0 Å². The van der Waals surface area contributed by atoms with E-state index in [4.69, 9.17) is 10.8 Å². The van der Waals surface area contributed by atoms with Crippen LogP contribution in [0, 0.1) is 0 Å². The third kappa shape index (κ3) is 1.57. The summed E-state index contributed by atoms with van der Waals surface area (Å²) in [5.74, 6) is 0.00918. The molecule has 0 radical (unpaired) electrons. The van der Waals surface area contributed by atoms with Crippen LogP contribution < -0.4 is 5.73 Å². The van der Waals surface area contributed by atoms with Crippen molar-refractivity contribution in [3.05, 3.63) is 36.4 Å². The minimum Gasteiger partial charge on any atom is -0.508 e. The van der Waals surface area contributed by atoms with Gasteiger partial charge in [-0.3, -0.25) is 0 Å². The quantitative estimate of drug-likeness (QED) is 0.578. The Morgan fingerprint density at radius 1 is 1.42 bits per heavy atom. The van der Waals surface area contributed by atoms with Crippen LogP contribution in [-0.2, 0) is 0 Å². The van der Waals surface area contributed by atoms with Crippen LogP contribution in [0.3, 0.4) is 0 Å². The molecule has 12 heavy (non-hydrogen) atoms. The molecular formula is C9H11NO2. The van der Waals surface area contributed by atoms with Gasteiger partial charge in [-0.1, -0.05) is 6.08 Å². The van der Waals surface area contributed by atoms with E-state index in [1.54, 1.807) is 6.07 Å². The van der Waals surface area contributed by atoms with Crippen LogP contribution in [0.5, 0.6) is 11.5 Å². The first-order valence-electron chi connectivity index (χ1n) is 3.55. The number of hydrogen-bond acceptors (Lipinski definition) is 3. The highest BCUT2D eigenvalue weighted by molar-refractivity contribution is 5.41. The Balaban J connectivity index is 3.09.